The Morgan fingerprint density at radius 2 is 1.92 bits per heavy atom. The Labute approximate surface area is 149 Å². The number of likely N-dealkylation sites (tertiary alicyclic amines) is 2. The summed E-state index contributed by atoms with van der Waals surface area (Å²) in [6.07, 6.45) is -4.72. The molecule has 2 heterocycles. The van der Waals surface area contributed by atoms with E-state index in [0.29, 0.717) is 19.6 Å². The van der Waals surface area contributed by atoms with Crippen LogP contribution in [0.1, 0.15) is 12.0 Å². The van der Waals surface area contributed by atoms with E-state index in [1.807, 2.05) is 30.3 Å². The van der Waals surface area contributed by atoms with Gasteiger partial charge in [-0.1, -0.05) is 30.3 Å². The summed E-state index contributed by atoms with van der Waals surface area (Å²) < 4.78 is 43.3. The SMILES string of the molecule is COC(=O)[C@]12CCN(C(=O)C(F)(F)F)C[C@H]1CN(Cc1ccccc1)C2. The quantitative estimate of drug-likeness (QED) is 0.765. The molecule has 0 N–H and O–H groups in total. The van der Waals surface area contributed by atoms with Gasteiger partial charge in [-0.3, -0.25) is 14.5 Å². The number of nitrogens with zero attached hydrogens (tertiary/aromatic N) is 2. The second-order valence-electron chi connectivity index (χ2n) is 7.00. The molecule has 0 aliphatic carbocycles. The standard InChI is InChI=1S/C18H21F3N2O3/c1-26-16(25)17-7-8-23(15(24)18(19,20)21)11-14(17)10-22(12-17)9-13-5-3-2-4-6-13/h2-6,14H,7-12H2,1H3/t14-,17+/m1/s1. The first-order chi connectivity index (χ1) is 12.3. The smallest absolute Gasteiger partial charge is 0.469 e. The van der Waals surface area contributed by atoms with Crippen molar-refractivity contribution in [3.8, 4) is 0 Å². The van der Waals surface area contributed by atoms with Gasteiger partial charge in [-0.25, -0.2) is 0 Å². The van der Waals surface area contributed by atoms with E-state index in [4.69, 9.17) is 4.74 Å². The lowest BCUT2D eigenvalue weighted by molar-refractivity contribution is -0.190. The molecule has 8 heteroatoms. The van der Waals surface area contributed by atoms with E-state index in [9.17, 15) is 22.8 Å². The third kappa shape index (κ3) is 3.42. The highest BCUT2D eigenvalue weighted by Gasteiger charge is 2.57. The molecule has 2 aliphatic rings. The van der Waals surface area contributed by atoms with Crippen molar-refractivity contribution >= 4 is 11.9 Å². The fourth-order valence-corrected chi connectivity index (χ4v) is 4.15. The van der Waals surface area contributed by atoms with Crippen molar-refractivity contribution in [1.82, 2.24) is 9.80 Å². The number of methoxy groups -OCH3 is 1. The van der Waals surface area contributed by atoms with Gasteiger partial charge in [0, 0.05) is 38.6 Å². The molecule has 1 amide bonds. The number of hydrogen-bond donors (Lipinski definition) is 0. The lowest BCUT2D eigenvalue weighted by Crippen LogP contribution is -2.55. The van der Waals surface area contributed by atoms with Crippen LogP contribution in [-0.2, 0) is 20.9 Å². The van der Waals surface area contributed by atoms with E-state index in [-0.39, 0.29) is 25.4 Å². The molecule has 5 nitrogen and oxygen atoms in total. The van der Waals surface area contributed by atoms with Crippen molar-refractivity contribution in [3.63, 3.8) is 0 Å². The first-order valence-corrected chi connectivity index (χ1v) is 8.47. The predicted octanol–water partition coefficient (Wildman–Crippen LogP) is 2.07. The second kappa shape index (κ2) is 6.90. The number of rotatable bonds is 3. The van der Waals surface area contributed by atoms with Crippen molar-refractivity contribution in [2.75, 3.05) is 33.3 Å². The summed E-state index contributed by atoms with van der Waals surface area (Å²) in [5.41, 5.74) is 0.209. The van der Waals surface area contributed by atoms with Gasteiger partial charge in [-0.15, -0.1) is 0 Å². The number of piperidine rings is 1. The van der Waals surface area contributed by atoms with Crippen LogP contribution < -0.4 is 0 Å². The van der Waals surface area contributed by atoms with Gasteiger partial charge in [-0.05, 0) is 12.0 Å². The summed E-state index contributed by atoms with van der Waals surface area (Å²) in [5, 5.41) is 0. The molecule has 0 spiro atoms. The lowest BCUT2D eigenvalue weighted by atomic mass is 9.72. The van der Waals surface area contributed by atoms with Gasteiger partial charge in [0.05, 0.1) is 12.5 Å². The monoisotopic (exact) mass is 370 g/mol. The molecule has 2 aliphatic heterocycles. The molecule has 0 saturated carbocycles. The van der Waals surface area contributed by atoms with Crippen LogP contribution in [0, 0.1) is 11.3 Å². The normalized spacial score (nSPS) is 26.5. The van der Waals surface area contributed by atoms with Crippen molar-refractivity contribution in [3.05, 3.63) is 35.9 Å². The van der Waals surface area contributed by atoms with Crippen LogP contribution >= 0.6 is 0 Å². The van der Waals surface area contributed by atoms with E-state index in [0.717, 1.165) is 10.5 Å². The van der Waals surface area contributed by atoms with Gasteiger partial charge in [-0.2, -0.15) is 13.2 Å². The summed E-state index contributed by atoms with van der Waals surface area (Å²) in [6, 6.07) is 9.67. The number of ether oxygens (including phenoxy) is 1. The zero-order chi connectivity index (χ0) is 18.9. The zero-order valence-corrected chi connectivity index (χ0v) is 14.5. The van der Waals surface area contributed by atoms with Crippen molar-refractivity contribution < 1.29 is 27.5 Å². The van der Waals surface area contributed by atoms with Crippen molar-refractivity contribution in [1.29, 1.82) is 0 Å². The van der Waals surface area contributed by atoms with Crippen LogP contribution in [-0.4, -0.2) is 61.1 Å². The molecule has 0 unspecified atom stereocenters. The van der Waals surface area contributed by atoms with Crippen LogP contribution in [0.5, 0.6) is 0 Å². The molecule has 0 aromatic heterocycles. The molecular weight excluding hydrogens is 349 g/mol. The summed E-state index contributed by atoms with van der Waals surface area (Å²) in [6.45, 7) is 1.30. The predicted molar refractivity (Wildman–Crippen MR) is 86.9 cm³/mol. The average Bonchev–Trinajstić information content (AvgIpc) is 2.98. The molecule has 0 radical (unpaired) electrons. The molecule has 2 atom stereocenters. The number of amides is 1. The van der Waals surface area contributed by atoms with Gasteiger partial charge in [0.1, 0.15) is 0 Å². The van der Waals surface area contributed by atoms with E-state index in [2.05, 4.69) is 4.90 Å². The van der Waals surface area contributed by atoms with Gasteiger partial charge in [0.2, 0.25) is 0 Å². The fourth-order valence-electron chi connectivity index (χ4n) is 4.15. The molecule has 142 valence electrons. The van der Waals surface area contributed by atoms with Crippen LogP contribution in [0.2, 0.25) is 0 Å². The number of alkyl halides is 3. The average molecular weight is 370 g/mol. The number of hydrogen-bond acceptors (Lipinski definition) is 4. The van der Waals surface area contributed by atoms with Gasteiger partial charge in [0.15, 0.2) is 0 Å². The van der Waals surface area contributed by atoms with Gasteiger partial charge >= 0.3 is 18.1 Å². The number of halogens is 3. The Balaban J connectivity index is 1.78. The van der Waals surface area contributed by atoms with E-state index in [1.54, 1.807) is 0 Å². The van der Waals surface area contributed by atoms with Crippen LogP contribution in [0.25, 0.3) is 0 Å². The fraction of sp³-hybridized carbons (Fsp3) is 0.556. The maximum Gasteiger partial charge on any atom is 0.471 e. The molecule has 1 aromatic rings. The Morgan fingerprint density at radius 3 is 2.54 bits per heavy atom. The minimum absolute atomic E-state index is 0.0846. The highest BCUT2D eigenvalue weighted by atomic mass is 19.4. The summed E-state index contributed by atoms with van der Waals surface area (Å²) in [5.74, 6) is -2.62. The third-order valence-electron chi connectivity index (χ3n) is 5.41. The number of benzene rings is 1. The summed E-state index contributed by atoms with van der Waals surface area (Å²) in [7, 11) is 1.29. The molecule has 2 fully saturated rings. The van der Waals surface area contributed by atoms with Crippen LogP contribution in [0.15, 0.2) is 30.3 Å². The van der Waals surface area contributed by atoms with E-state index in [1.165, 1.54) is 7.11 Å². The first kappa shape index (κ1) is 18.7. The third-order valence-corrected chi connectivity index (χ3v) is 5.41. The van der Waals surface area contributed by atoms with Crippen molar-refractivity contribution in [2.24, 2.45) is 11.3 Å². The molecule has 0 bridgehead atoms. The zero-order valence-electron chi connectivity index (χ0n) is 14.5. The number of esters is 1. The maximum atomic E-state index is 12.8. The first-order valence-electron chi connectivity index (χ1n) is 8.47. The Morgan fingerprint density at radius 1 is 1.23 bits per heavy atom. The molecule has 26 heavy (non-hydrogen) atoms. The van der Waals surface area contributed by atoms with Gasteiger partial charge < -0.3 is 9.64 Å². The largest absolute Gasteiger partial charge is 0.471 e. The molecular formula is C18H21F3N2O3. The molecule has 3 rings (SSSR count). The Kier molecular flexibility index (Phi) is 4.96. The highest BCUT2D eigenvalue weighted by Crippen LogP contribution is 2.44. The molecule has 2 saturated heterocycles. The lowest BCUT2D eigenvalue weighted by Gasteiger charge is -2.41. The minimum atomic E-state index is -4.90. The summed E-state index contributed by atoms with van der Waals surface area (Å²) in [4.78, 5) is 26.9. The van der Waals surface area contributed by atoms with E-state index >= 15 is 0 Å². The number of fused-ring (bicyclic) bond motifs is 1. The van der Waals surface area contributed by atoms with Gasteiger partial charge in [0.25, 0.3) is 0 Å². The highest BCUT2D eigenvalue weighted by molar-refractivity contribution is 5.83. The van der Waals surface area contributed by atoms with E-state index < -0.39 is 23.5 Å². The van der Waals surface area contributed by atoms with Crippen LogP contribution in [0.3, 0.4) is 0 Å². The summed E-state index contributed by atoms with van der Waals surface area (Å²) >= 11 is 0. The van der Waals surface area contributed by atoms with Crippen LogP contribution in [0.4, 0.5) is 13.2 Å². The number of carbonyl (C=O) groups excluding carboxylic acids is 2. The Bertz CT molecular complexity index is 680. The molecule has 1 aromatic carbocycles. The second-order valence-corrected chi connectivity index (χ2v) is 7.00. The minimum Gasteiger partial charge on any atom is -0.469 e. The topological polar surface area (TPSA) is 49.9 Å². The Hall–Kier alpha value is -2.09. The number of carbonyl (C=O) groups is 2. The maximum absolute atomic E-state index is 12.8. The van der Waals surface area contributed by atoms with Crippen molar-refractivity contribution in [2.45, 2.75) is 19.1 Å².